The number of halogens is 1. The van der Waals surface area contributed by atoms with Crippen LogP contribution in [0.25, 0.3) is 0 Å². The molecule has 0 aliphatic heterocycles. The number of aromatic nitrogens is 2. The van der Waals surface area contributed by atoms with Gasteiger partial charge in [-0.2, -0.15) is 5.10 Å². The van der Waals surface area contributed by atoms with Gasteiger partial charge < -0.3 is 10.1 Å². The molecule has 1 aromatic heterocycles. The first kappa shape index (κ1) is 16.5. The van der Waals surface area contributed by atoms with Gasteiger partial charge in [-0.25, -0.2) is 0 Å². The van der Waals surface area contributed by atoms with Gasteiger partial charge >= 0.3 is 0 Å². The van der Waals surface area contributed by atoms with Crippen molar-refractivity contribution in [1.29, 1.82) is 0 Å². The average Bonchev–Trinajstić information content (AvgIpc) is 2.77. The molecule has 5 heteroatoms. The Bertz CT molecular complexity index is 388. The minimum absolute atomic E-state index is 0.0362. The van der Waals surface area contributed by atoms with E-state index in [1.54, 1.807) is 13.3 Å². The molecule has 19 heavy (non-hydrogen) atoms. The molecule has 110 valence electrons. The molecule has 1 aromatic rings. The number of likely N-dealkylation sites (N-methyl/N-ethyl adjacent to an activating group) is 1. The van der Waals surface area contributed by atoms with Gasteiger partial charge in [0, 0.05) is 13.7 Å². The molecule has 2 atom stereocenters. The van der Waals surface area contributed by atoms with Crippen LogP contribution >= 0.6 is 11.6 Å². The standard InChI is InChI=1S/C14H26ClN3O/c1-6-9-18-12(11(15)10-17-18)13(16-8-3)14(4,7-2)19-5/h10,13,16H,6-9H2,1-5H3. The van der Waals surface area contributed by atoms with Gasteiger partial charge in [0.25, 0.3) is 0 Å². The highest BCUT2D eigenvalue weighted by molar-refractivity contribution is 6.31. The summed E-state index contributed by atoms with van der Waals surface area (Å²) in [5.74, 6) is 0. The van der Waals surface area contributed by atoms with E-state index in [0.29, 0.717) is 5.02 Å². The van der Waals surface area contributed by atoms with Crippen molar-refractivity contribution in [2.24, 2.45) is 0 Å². The second-order valence-corrected chi connectivity index (χ2v) is 5.37. The van der Waals surface area contributed by atoms with Crippen LogP contribution in [-0.4, -0.2) is 29.0 Å². The molecule has 1 heterocycles. The van der Waals surface area contributed by atoms with Crippen molar-refractivity contribution in [1.82, 2.24) is 15.1 Å². The normalized spacial score (nSPS) is 16.3. The monoisotopic (exact) mass is 287 g/mol. The fraction of sp³-hybridized carbons (Fsp3) is 0.786. The van der Waals surface area contributed by atoms with Gasteiger partial charge in [-0.3, -0.25) is 4.68 Å². The molecule has 4 nitrogen and oxygen atoms in total. The van der Waals surface area contributed by atoms with Crippen molar-refractivity contribution in [3.05, 3.63) is 16.9 Å². The maximum Gasteiger partial charge on any atom is 0.0857 e. The molecule has 0 spiro atoms. The predicted octanol–water partition coefficient (Wildman–Crippen LogP) is 3.41. The third-order valence-corrected chi connectivity index (χ3v) is 4.02. The summed E-state index contributed by atoms with van der Waals surface area (Å²) in [4.78, 5) is 0. The highest BCUT2D eigenvalue weighted by Gasteiger charge is 2.36. The third kappa shape index (κ3) is 3.50. The maximum atomic E-state index is 6.35. The summed E-state index contributed by atoms with van der Waals surface area (Å²) in [6.45, 7) is 10.2. The van der Waals surface area contributed by atoms with E-state index in [2.05, 4.69) is 38.1 Å². The minimum atomic E-state index is -0.300. The van der Waals surface area contributed by atoms with Crippen LogP contribution in [0.2, 0.25) is 5.02 Å². The Hall–Kier alpha value is -0.580. The number of rotatable bonds is 8. The molecule has 0 fully saturated rings. The van der Waals surface area contributed by atoms with Gasteiger partial charge in [0.1, 0.15) is 0 Å². The molecule has 2 unspecified atom stereocenters. The lowest BCUT2D eigenvalue weighted by molar-refractivity contribution is -0.0318. The zero-order chi connectivity index (χ0) is 14.5. The fourth-order valence-electron chi connectivity index (χ4n) is 2.32. The SMILES string of the molecule is CCCn1ncc(Cl)c1C(NCC)C(C)(CC)OC. The second-order valence-electron chi connectivity index (χ2n) is 4.96. The smallest absolute Gasteiger partial charge is 0.0857 e. The van der Waals surface area contributed by atoms with E-state index < -0.39 is 0 Å². The largest absolute Gasteiger partial charge is 0.376 e. The van der Waals surface area contributed by atoms with E-state index in [-0.39, 0.29) is 11.6 Å². The van der Waals surface area contributed by atoms with Crippen LogP contribution < -0.4 is 5.32 Å². The number of ether oxygens (including phenoxy) is 1. The van der Waals surface area contributed by atoms with Crippen LogP contribution in [0.5, 0.6) is 0 Å². The Morgan fingerprint density at radius 3 is 2.63 bits per heavy atom. The van der Waals surface area contributed by atoms with Gasteiger partial charge in [0.2, 0.25) is 0 Å². The average molecular weight is 288 g/mol. The highest BCUT2D eigenvalue weighted by atomic mass is 35.5. The summed E-state index contributed by atoms with van der Waals surface area (Å²) in [5.41, 5.74) is 0.724. The van der Waals surface area contributed by atoms with E-state index in [9.17, 15) is 0 Å². The van der Waals surface area contributed by atoms with Gasteiger partial charge in [-0.15, -0.1) is 0 Å². The van der Waals surface area contributed by atoms with Crippen molar-refractivity contribution in [3.63, 3.8) is 0 Å². The Balaban J connectivity index is 3.21. The summed E-state index contributed by atoms with van der Waals surface area (Å²) in [5, 5.41) is 8.58. The third-order valence-electron chi connectivity index (χ3n) is 3.73. The fourth-order valence-corrected chi connectivity index (χ4v) is 2.57. The van der Waals surface area contributed by atoms with Crippen LogP contribution in [0, 0.1) is 0 Å². The van der Waals surface area contributed by atoms with Gasteiger partial charge in [0.05, 0.1) is 28.6 Å². The van der Waals surface area contributed by atoms with Crippen LogP contribution in [0.4, 0.5) is 0 Å². The molecule has 1 N–H and O–H groups in total. The molecule has 0 aromatic carbocycles. The highest BCUT2D eigenvalue weighted by Crippen LogP contribution is 2.35. The zero-order valence-electron chi connectivity index (χ0n) is 12.7. The number of hydrogen-bond acceptors (Lipinski definition) is 3. The van der Waals surface area contributed by atoms with Crippen molar-refractivity contribution in [3.8, 4) is 0 Å². The van der Waals surface area contributed by atoms with Gasteiger partial charge in [0.15, 0.2) is 0 Å². The first-order chi connectivity index (χ1) is 9.03. The van der Waals surface area contributed by atoms with Gasteiger partial charge in [-0.1, -0.05) is 32.4 Å². The predicted molar refractivity (Wildman–Crippen MR) is 79.7 cm³/mol. The molecular weight excluding hydrogens is 262 g/mol. The number of nitrogens with one attached hydrogen (secondary N) is 1. The van der Waals surface area contributed by atoms with Crippen LogP contribution in [0.3, 0.4) is 0 Å². The lowest BCUT2D eigenvalue weighted by Gasteiger charge is -2.36. The lowest BCUT2D eigenvalue weighted by Crippen LogP contribution is -2.44. The van der Waals surface area contributed by atoms with Crippen LogP contribution in [-0.2, 0) is 11.3 Å². The molecule has 1 rings (SSSR count). The summed E-state index contributed by atoms with van der Waals surface area (Å²) in [6.07, 6.45) is 3.65. The second kappa shape index (κ2) is 7.27. The molecule has 0 saturated carbocycles. The van der Waals surface area contributed by atoms with E-state index in [1.807, 2.05) is 4.68 Å². The summed E-state index contributed by atoms with van der Waals surface area (Å²) >= 11 is 6.35. The van der Waals surface area contributed by atoms with E-state index in [0.717, 1.165) is 31.6 Å². The molecule has 0 amide bonds. The lowest BCUT2D eigenvalue weighted by atomic mass is 9.90. The first-order valence-electron chi connectivity index (χ1n) is 7.03. The van der Waals surface area contributed by atoms with E-state index in [4.69, 9.17) is 16.3 Å². The van der Waals surface area contributed by atoms with Crippen LogP contribution in [0.15, 0.2) is 6.20 Å². The maximum absolute atomic E-state index is 6.35. The molecule has 0 saturated heterocycles. The van der Waals surface area contributed by atoms with Crippen LogP contribution in [0.1, 0.15) is 52.3 Å². The number of aryl methyl sites for hydroxylation is 1. The Kier molecular flexibility index (Phi) is 6.30. The minimum Gasteiger partial charge on any atom is -0.376 e. The van der Waals surface area contributed by atoms with E-state index in [1.165, 1.54) is 0 Å². The van der Waals surface area contributed by atoms with Crippen molar-refractivity contribution in [2.45, 2.75) is 58.7 Å². The Morgan fingerprint density at radius 2 is 2.16 bits per heavy atom. The zero-order valence-corrected chi connectivity index (χ0v) is 13.4. The Labute approximate surface area is 121 Å². The first-order valence-corrected chi connectivity index (χ1v) is 7.41. The topological polar surface area (TPSA) is 39.1 Å². The number of methoxy groups -OCH3 is 1. The molecule has 0 radical (unpaired) electrons. The van der Waals surface area contributed by atoms with E-state index >= 15 is 0 Å². The molecule has 0 aliphatic rings. The number of hydrogen-bond donors (Lipinski definition) is 1. The molecular formula is C14H26ClN3O. The molecule has 0 aliphatic carbocycles. The summed E-state index contributed by atoms with van der Waals surface area (Å²) in [7, 11) is 1.75. The Morgan fingerprint density at radius 1 is 1.47 bits per heavy atom. The molecule has 0 bridgehead atoms. The van der Waals surface area contributed by atoms with Crippen molar-refractivity contribution < 1.29 is 4.74 Å². The quantitative estimate of drug-likeness (QED) is 0.796. The summed E-state index contributed by atoms with van der Waals surface area (Å²) in [6, 6.07) is 0.0362. The summed E-state index contributed by atoms with van der Waals surface area (Å²) < 4.78 is 7.74. The van der Waals surface area contributed by atoms with Crippen molar-refractivity contribution >= 4 is 11.6 Å². The van der Waals surface area contributed by atoms with Gasteiger partial charge in [-0.05, 0) is 26.3 Å². The number of nitrogens with zero attached hydrogens (tertiary/aromatic N) is 2. The van der Waals surface area contributed by atoms with Crippen molar-refractivity contribution in [2.75, 3.05) is 13.7 Å².